The summed E-state index contributed by atoms with van der Waals surface area (Å²) in [5, 5.41) is 2.91. The van der Waals surface area contributed by atoms with Crippen molar-refractivity contribution in [3.05, 3.63) is 29.8 Å². The van der Waals surface area contributed by atoms with Crippen LogP contribution in [0.15, 0.2) is 29.2 Å². The van der Waals surface area contributed by atoms with Gasteiger partial charge in [-0.3, -0.25) is 4.79 Å². The molecule has 1 aliphatic heterocycles. The van der Waals surface area contributed by atoms with Gasteiger partial charge in [0.05, 0.1) is 18.0 Å². The van der Waals surface area contributed by atoms with Gasteiger partial charge in [0.2, 0.25) is 10.0 Å². The van der Waals surface area contributed by atoms with Crippen LogP contribution in [-0.4, -0.2) is 51.4 Å². The van der Waals surface area contributed by atoms with Gasteiger partial charge in [0.25, 0.3) is 5.91 Å². The SMILES string of the molecule is CCN(CC)S(=O)(=O)c1ccc(CNC(=O)C[NH+]2CCCC2)cc1. The molecule has 134 valence electrons. The molecule has 1 heterocycles. The van der Waals surface area contributed by atoms with E-state index < -0.39 is 10.0 Å². The standard InChI is InChI=1S/C17H27N3O3S/c1-3-20(4-2)24(22,23)16-9-7-15(8-10-16)13-18-17(21)14-19-11-5-6-12-19/h7-10H,3-6,11-14H2,1-2H3,(H,18,21)/p+1. The van der Waals surface area contributed by atoms with E-state index in [1.165, 1.54) is 22.0 Å². The maximum atomic E-state index is 12.4. The van der Waals surface area contributed by atoms with Gasteiger partial charge >= 0.3 is 0 Å². The lowest BCUT2D eigenvalue weighted by Crippen LogP contribution is -3.11. The summed E-state index contributed by atoms with van der Waals surface area (Å²) >= 11 is 0. The molecule has 6 nitrogen and oxygen atoms in total. The minimum Gasteiger partial charge on any atom is -0.347 e. The Balaban J connectivity index is 1.91. The van der Waals surface area contributed by atoms with E-state index in [1.807, 2.05) is 13.8 Å². The Morgan fingerprint density at radius 3 is 2.25 bits per heavy atom. The molecule has 0 aliphatic carbocycles. The zero-order valence-corrected chi connectivity index (χ0v) is 15.4. The average molecular weight is 354 g/mol. The highest BCUT2D eigenvalue weighted by Gasteiger charge is 2.21. The largest absolute Gasteiger partial charge is 0.347 e. The van der Waals surface area contributed by atoms with E-state index >= 15 is 0 Å². The van der Waals surface area contributed by atoms with Gasteiger partial charge in [-0.1, -0.05) is 26.0 Å². The van der Waals surface area contributed by atoms with Gasteiger partial charge < -0.3 is 10.2 Å². The average Bonchev–Trinajstić information content (AvgIpc) is 3.07. The molecule has 0 unspecified atom stereocenters. The van der Waals surface area contributed by atoms with Gasteiger partial charge in [-0.25, -0.2) is 8.42 Å². The molecule has 7 heteroatoms. The van der Waals surface area contributed by atoms with Crippen LogP contribution in [0.4, 0.5) is 0 Å². The van der Waals surface area contributed by atoms with Crippen LogP contribution in [0.2, 0.25) is 0 Å². The molecule has 2 rings (SSSR count). The molecule has 1 amide bonds. The zero-order valence-electron chi connectivity index (χ0n) is 14.5. The minimum atomic E-state index is -3.42. The first-order chi connectivity index (χ1) is 11.5. The van der Waals surface area contributed by atoms with Crippen molar-refractivity contribution in [3.63, 3.8) is 0 Å². The normalized spacial score (nSPS) is 15.8. The first-order valence-electron chi connectivity index (χ1n) is 8.66. The number of rotatable bonds is 8. The van der Waals surface area contributed by atoms with Crippen molar-refractivity contribution in [1.82, 2.24) is 9.62 Å². The first kappa shape index (κ1) is 18.9. The third kappa shape index (κ3) is 4.78. The summed E-state index contributed by atoms with van der Waals surface area (Å²) in [6.07, 6.45) is 2.40. The number of carbonyl (C=O) groups excluding carboxylic acids is 1. The van der Waals surface area contributed by atoms with Crippen LogP contribution in [-0.2, 0) is 21.4 Å². The van der Waals surface area contributed by atoms with Crippen molar-refractivity contribution in [3.8, 4) is 0 Å². The number of quaternary nitrogens is 1. The maximum Gasteiger partial charge on any atom is 0.275 e. The fraction of sp³-hybridized carbons (Fsp3) is 0.588. The highest BCUT2D eigenvalue weighted by Crippen LogP contribution is 2.16. The predicted octanol–water partition coefficient (Wildman–Crippen LogP) is 0.0120. The monoisotopic (exact) mass is 354 g/mol. The fourth-order valence-electron chi connectivity index (χ4n) is 3.03. The van der Waals surface area contributed by atoms with E-state index in [0.29, 0.717) is 31.1 Å². The Morgan fingerprint density at radius 2 is 1.71 bits per heavy atom. The van der Waals surface area contributed by atoms with Crippen LogP contribution in [0.5, 0.6) is 0 Å². The van der Waals surface area contributed by atoms with Gasteiger partial charge in [0, 0.05) is 32.5 Å². The summed E-state index contributed by atoms with van der Waals surface area (Å²) in [6, 6.07) is 6.75. The van der Waals surface area contributed by atoms with Crippen molar-refractivity contribution in [1.29, 1.82) is 0 Å². The molecule has 2 N–H and O–H groups in total. The van der Waals surface area contributed by atoms with Gasteiger partial charge in [-0.2, -0.15) is 4.31 Å². The van der Waals surface area contributed by atoms with E-state index in [4.69, 9.17) is 0 Å². The second-order valence-corrected chi connectivity index (χ2v) is 8.08. The Labute approximate surface area is 144 Å². The Hall–Kier alpha value is -1.44. The van der Waals surface area contributed by atoms with Crippen molar-refractivity contribution < 1.29 is 18.1 Å². The number of sulfonamides is 1. The molecule has 1 aromatic rings. The molecule has 0 aromatic heterocycles. The zero-order chi connectivity index (χ0) is 17.6. The summed E-state index contributed by atoms with van der Waals surface area (Å²) in [6.45, 7) is 7.66. The Morgan fingerprint density at radius 1 is 1.12 bits per heavy atom. The molecular weight excluding hydrogens is 326 g/mol. The van der Waals surface area contributed by atoms with E-state index in [2.05, 4.69) is 5.32 Å². The van der Waals surface area contributed by atoms with E-state index in [-0.39, 0.29) is 5.91 Å². The molecule has 0 bridgehead atoms. The number of nitrogens with one attached hydrogen (secondary N) is 2. The molecule has 0 atom stereocenters. The van der Waals surface area contributed by atoms with Gasteiger partial charge in [0.15, 0.2) is 6.54 Å². The smallest absolute Gasteiger partial charge is 0.275 e. The van der Waals surface area contributed by atoms with E-state index in [0.717, 1.165) is 18.7 Å². The topological polar surface area (TPSA) is 70.9 Å². The quantitative estimate of drug-likeness (QED) is 0.691. The highest BCUT2D eigenvalue weighted by molar-refractivity contribution is 7.89. The number of benzene rings is 1. The lowest BCUT2D eigenvalue weighted by molar-refractivity contribution is -0.879. The number of carbonyl (C=O) groups is 1. The summed E-state index contributed by atoms with van der Waals surface area (Å²) in [4.78, 5) is 13.6. The summed E-state index contributed by atoms with van der Waals surface area (Å²) in [7, 11) is -3.42. The van der Waals surface area contributed by atoms with Gasteiger partial charge in [-0.15, -0.1) is 0 Å². The summed E-state index contributed by atoms with van der Waals surface area (Å²) in [5.41, 5.74) is 0.901. The van der Waals surface area contributed by atoms with Crippen molar-refractivity contribution in [2.75, 3.05) is 32.7 Å². The lowest BCUT2D eigenvalue weighted by Gasteiger charge is -2.18. The number of nitrogens with zero attached hydrogens (tertiary/aromatic N) is 1. The third-order valence-electron chi connectivity index (χ3n) is 4.48. The van der Waals surface area contributed by atoms with E-state index in [1.54, 1.807) is 24.3 Å². The van der Waals surface area contributed by atoms with Crippen LogP contribution < -0.4 is 10.2 Å². The summed E-state index contributed by atoms with van der Waals surface area (Å²) < 4.78 is 26.3. The number of likely N-dealkylation sites (tertiary alicyclic amines) is 1. The highest BCUT2D eigenvalue weighted by atomic mass is 32.2. The molecule has 0 saturated carbocycles. The van der Waals surface area contributed by atoms with Gasteiger partial charge in [-0.05, 0) is 17.7 Å². The van der Waals surface area contributed by atoms with Crippen molar-refractivity contribution >= 4 is 15.9 Å². The van der Waals surface area contributed by atoms with Crippen LogP contribution >= 0.6 is 0 Å². The first-order valence-corrected chi connectivity index (χ1v) is 10.1. The van der Waals surface area contributed by atoms with Gasteiger partial charge in [0.1, 0.15) is 0 Å². The van der Waals surface area contributed by atoms with Crippen LogP contribution in [0.25, 0.3) is 0 Å². The molecule has 0 radical (unpaired) electrons. The Bertz CT molecular complexity index is 634. The minimum absolute atomic E-state index is 0.0479. The molecule has 1 saturated heterocycles. The molecule has 1 aliphatic rings. The Kier molecular flexibility index (Phi) is 6.77. The molecule has 24 heavy (non-hydrogen) atoms. The maximum absolute atomic E-state index is 12.4. The second-order valence-electron chi connectivity index (χ2n) is 6.14. The molecule has 1 aromatic carbocycles. The van der Waals surface area contributed by atoms with Crippen LogP contribution in [0.1, 0.15) is 32.3 Å². The molecule has 0 spiro atoms. The van der Waals surface area contributed by atoms with Crippen LogP contribution in [0, 0.1) is 0 Å². The fourth-order valence-corrected chi connectivity index (χ4v) is 4.49. The van der Waals surface area contributed by atoms with Crippen molar-refractivity contribution in [2.24, 2.45) is 0 Å². The van der Waals surface area contributed by atoms with E-state index in [9.17, 15) is 13.2 Å². The molecular formula is C17H28N3O3S+. The number of hydrogen-bond donors (Lipinski definition) is 2. The third-order valence-corrected chi connectivity index (χ3v) is 6.54. The molecule has 1 fully saturated rings. The second kappa shape index (κ2) is 8.60. The lowest BCUT2D eigenvalue weighted by atomic mass is 10.2. The number of amides is 1. The summed E-state index contributed by atoms with van der Waals surface area (Å²) in [5.74, 6) is 0.0479. The number of hydrogen-bond acceptors (Lipinski definition) is 3. The van der Waals surface area contributed by atoms with Crippen molar-refractivity contribution in [2.45, 2.75) is 38.1 Å². The predicted molar refractivity (Wildman–Crippen MR) is 93.2 cm³/mol. The van der Waals surface area contributed by atoms with Crippen LogP contribution in [0.3, 0.4) is 0 Å².